The van der Waals surface area contributed by atoms with E-state index in [2.05, 4.69) is 82.7 Å². The number of hydrogen-bond acceptors (Lipinski definition) is 5. The van der Waals surface area contributed by atoms with Crippen molar-refractivity contribution in [3.63, 3.8) is 0 Å². The van der Waals surface area contributed by atoms with Crippen LogP contribution in [0.3, 0.4) is 0 Å². The van der Waals surface area contributed by atoms with Crippen molar-refractivity contribution in [1.29, 1.82) is 0 Å². The fourth-order valence-electron chi connectivity index (χ4n) is 13.4. The van der Waals surface area contributed by atoms with Crippen LogP contribution in [-0.4, -0.2) is 79.9 Å². The standard InChI is InChI=1S/C39H67N3O3S/c1-9-39(40-21-23-41-24-26-46(44,45)27-25-41)20-19-37(7)30(34(39)28(2)29(3)42-22-10-12-33(42)43)13-14-32-36(6)17-11-16-35(4,5)31(36)15-18-38(32,37)8/h11,16,28-32,34,40H,9-10,12-15,17-27H2,1-8H3/t28-,29?,30+,31-,32+,34+,36-,37+,38?,39-/m0/s1. The Morgan fingerprint density at radius 3 is 2.30 bits per heavy atom. The number of nitrogens with one attached hydrogen (secondary N) is 1. The quantitative estimate of drug-likeness (QED) is 0.286. The molecular formula is C39H67N3O3S. The summed E-state index contributed by atoms with van der Waals surface area (Å²) in [5, 5.41) is 4.24. The van der Waals surface area contributed by atoms with Crippen LogP contribution in [-0.2, 0) is 14.6 Å². The van der Waals surface area contributed by atoms with E-state index >= 15 is 0 Å². The van der Waals surface area contributed by atoms with Gasteiger partial charge in [0.2, 0.25) is 5.91 Å². The van der Waals surface area contributed by atoms with E-state index in [1.54, 1.807) is 0 Å². The van der Waals surface area contributed by atoms with Gasteiger partial charge in [0.25, 0.3) is 0 Å². The highest BCUT2D eigenvalue weighted by Gasteiger charge is 2.69. The first-order valence-electron chi connectivity index (χ1n) is 19.2. The summed E-state index contributed by atoms with van der Waals surface area (Å²) in [7, 11) is -2.87. The monoisotopic (exact) mass is 657 g/mol. The predicted molar refractivity (Wildman–Crippen MR) is 189 cm³/mol. The number of allylic oxidation sites excluding steroid dienone is 2. The Morgan fingerprint density at radius 1 is 0.935 bits per heavy atom. The number of likely N-dealkylation sites (tertiary alicyclic amines) is 1. The molecule has 46 heavy (non-hydrogen) atoms. The molecule has 2 aliphatic heterocycles. The van der Waals surface area contributed by atoms with Crippen molar-refractivity contribution in [1.82, 2.24) is 15.1 Å². The molecule has 4 aliphatic carbocycles. The highest BCUT2D eigenvalue weighted by atomic mass is 32.2. The van der Waals surface area contributed by atoms with E-state index in [0.717, 1.165) is 44.3 Å². The summed E-state index contributed by atoms with van der Waals surface area (Å²) in [6.45, 7) is 24.4. The third kappa shape index (κ3) is 5.47. The molecule has 2 unspecified atom stereocenters. The molecule has 7 heteroatoms. The van der Waals surface area contributed by atoms with Gasteiger partial charge in [0.05, 0.1) is 11.5 Å². The molecule has 3 saturated carbocycles. The fraction of sp³-hybridized carbons (Fsp3) is 0.923. The smallest absolute Gasteiger partial charge is 0.222 e. The Morgan fingerprint density at radius 2 is 1.65 bits per heavy atom. The van der Waals surface area contributed by atoms with Gasteiger partial charge in [-0.15, -0.1) is 0 Å². The van der Waals surface area contributed by atoms with Crippen LogP contribution < -0.4 is 5.32 Å². The number of sulfone groups is 1. The van der Waals surface area contributed by atoms with Gasteiger partial charge in [-0.25, -0.2) is 8.42 Å². The first-order chi connectivity index (χ1) is 21.5. The molecule has 0 aromatic carbocycles. The van der Waals surface area contributed by atoms with Gasteiger partial charge in [0, 0.05) is 50.7 Å². The number of fused-ring (bicyclic) bond motifs is 5. The van der Waals surface area contributed by atoms with Gasteiger partial charge in [-0.2, -0.15) is 0 Å². The molecule has 6 aliphatic rings. The second-order valence-corrected chi connectivity index (χ2v) is 20.6. The fourth-order valence-corrected chi connectivity index (χ4v) is 14.7. The molecule has 1 N–H and O–H groups in total. The minimum atomic E-state index is -2.87. The Bertz CT molecular complexity index is 1280. The lowest BCUT2D eigenvalue weighted by molar-refractivity contribution is -0.227. The Labute approximate surface area is 282 Å². The lowest BCUT2D eigenvalue weighted by Gasteiger charge is -2.73. The predicted octanol–water partition coefficient (Wildman–Crippen LogP) is 6.95. The molecule has 0 radical (unpaired) electrons. The summed E-state index contributed by atoms with van der Waals surface area (Å²) < 4.78 is 24.1. The van der Waals surface area contributed by atoms with Crippen molar-refractivity contribution in [3.8, 4) is 0 Å². The number of amides is 1. The number of carbonyl (C=O) groups is 1. The highest BCUT2D eigenvalue weighted by molar-refractivity contribution is 7.91. The summed E-state index contributed by atoms with van der Waals surface area (Å²) in [6.07, 6.45) is 16.9. The zero-order valence-corrected chi connectivity index (χ0v) is 31.5. The molecule has 0 spiro atoms. The zero-order chi connectivity index (χ0) is 33.3. The molecule has 0 aromatic heterocycles. The number of carbonyl (C=O) groups excluding carboxylic acids is 1. The Kier molecular flexibility index (Phi) is 9.22. The van der Waals surface area contributed by atoms with Crippen LogP contribution in [0.15, 0.2) is 12.2 Å². The maximum absolute atomic E-state index is 13.1. The second kappa shape index (κ2) is 12.1. The van der Waals surface area contributed by atoms with Crippen LogP contribution in [0.5, 0.6) is 0 Å². The highest BCUT2D eigenvalue weighted by Crippen LogP contribution is 2.75. The lowest BCUT2D eigenvalue weighted by atomic mass is 9.33. The molecule has 2 saturated heterocycles. The first-order valence-corrected chi connectivity index (χ1v) is 21.0. The largest absolute Gasteiger partial charge is 0.340 e. The molecular weight excluding hydrogens is 591 g/mol. The number of hydrogen-bond donors (Lipinski definition) is 1. The van der Waals surface area contributed by atoms with Gasteiger partial charge < -0.3 is 15.1 Å². The van der Waals surface area contributed by atoms with Gasteiger partial charge in [-0.05, 0) is 116 Å². The molecule has 0 aromatic rings. The van der Waals surface area contributed by atoms with E-state index in [1.165, 1.54) is 44.9 Å². The molecule has 5 fully saturated rings. The van der Waals surface area contributed by atoms with Crippen molar-refractivity contribution in [3.05, 3.63) is 12.2 Å². The maximum Gasteiger partial charge on any atom is 0.222 e. The van der Waals surface area contributed by atoms with Gasteiger partial charge in [-0.3, -0.25) is 4.79 Å². The molecule has 6 nitrogen and oxygen atoms in total. The average Bonchev–Trinajstić information content (AvgIpc) is 3.43. The van der Waals surface area contributed by atoms with E-state index < -0.39 is 9.84 Å². The van der Waals surface area contributed by atoms with E-state index in [1.807, 2.05) is 0 Å². The molecule has 2 heterocycles. The Hall–Kier alpha value is -0.920. The SMILES string of the molecule is CC[C@]1(NCCN2CCS(=O)(=O)CC2)CC[C@]2(C)[C@H](CC[C@H]3C2(C)CC[C@H]2C(C)(C)C=CC[C@@]23C)[C@H]1[C@@H](C)C(C)N1CCCC1=O. The normalized spacial score (nSPS) is 45.0. The van der Waals surface area contributed by atoms with E-state index in [0.29, 0.717) is 65.5 Å². The van der Waals surface area contributed by atoms with Crippen molar-refractivity contribution in [2.45, 2.75) is 131 Å². The van der Waals surface area contributed by atoms with E-state index in [4.69, 9.17) is 0 Å². The van der Waals surface area contributed by atoms with Crippen LogP contribution in [0.4, 0.5) is 0 Å². The minimum Gasteiger partial charge on any atom is -0.340 e. The van der Waals surface area contributed by atoms with Crippen molar-refractivity contribution < 1.29 is 13.2 Å². The van der Waals surface area contributed by atoms with Crippen LogP contribution in [0, 0.1) is 51.2 Å². The number of rotatable bonds is 8. The zero-order valence-electron chi connectivity index (χ0n) is 30.7. The maximum atomic E-state index is 13.1. The van der Waals surface area contributed by atoms with Gasteiger partial charge in [-0.1, -0.05) is 60.6 Å². The van der Waals surface area contributed by atoms with E-state index in [9.17, 15) is 13.2 Å². The third-order valence-electron chi connectivity index (χ3n) is 16.3. The van der Waals surface area contributed by atoms with Gasteiger partial charge in [0.1, 0.15) is 0 Å². The summed E-state index contributed by atoms with van der Waals surface area (Å²) in [5.74, 6) is 3.95. The van der Waals surface area contributed by atoms with Crippen LogP contribution >= 0.6 is 0 Å². The van der Waals surface area contributed by atoms with Crippen molar-refractivity contribution in [2.24, 2.45) is 51.2 Å². The van der Waals surface area contributed by atoms with Crippen LogP contribution in [0.25, 0.3) is 0 Å². The second-order valence-electron chi connectivity index (χ2n) is 18.3. The molecule has 262 valence electrons. The lowest BCUT2D eigenvalue weighted by Crippen LogP contribution is -2.70. The Balaban J connectivity index is 1.32. The summed E-state index contributed by atoms with van der Waals surface area (Å²) in [4.78, 5) is 17.7. The van der Waals surface area contributed by atoms with Crippen molar-refractivity contribution in [2.75, 3.05) is 44.2 Å². The summed E-state index contributed by atoms with van der Waals surface area (Å²) >= 11 is 0. The minimum absolute atomic E-state index is 0.0301. The topological polar surface area (TPSA) is 69.7 Å². The van der Waals surface area contributed by atoms with Gasteiger partial charge in [0.15, 0.2) is 9.84 Å². The molecule has 0 bridgehead atoms. The van der Waals surface area contributed by atoms with E-state index in [-0.39, 0.29) is 22.4 Å². The first kappa shape index (κ1) is 34.9. The molecule has 10 atom stereocenters. The van der Waals surface area contributed by atoms with Gasteiger partial charge >= 0.3 is 0 Å². The van der Waals surface area contributed by atoms with Crippen molar-refractivity contribution >= 4 is 15.7 Å². The van der Waals surface area contributed by atoms with Crippen LogP contribution in [0.1, 0.15) is 120 Å². The molecule has 6 rings (SSSR count). The summed E-state index contributed by atoms with van der Waals surface area (Å²) in [6, 6.07) is 0.241. The third-order valence-corrected chi connectivity index (χ3v) is 17.9. The average molecular weight is 658 g/mol. The number of nitrogens with zero attached hydrogens (tertiary/aromatic N) is 2. The van der Waals surface area contributed by atoms with Crippen LogP contribution in [0.2, 0.25) is 0 Å². The molecule has 1 amide bonds. The summed E-state index contributed by atoms with van der Waals surface area (Å²) in [5.41, 5.74) is 1.24.